The summed E-state index contributed by atoms with van der Waals surface area (Å²) in [7, 11) is 0. The molecule has 0 aliphatic heterocycles. The second-order valence-electron chi connectivity index (χ2n) is 5.10. The number of carbonyl (C=O) groups is 1. The van der Waals surface area contributed by atoms with Crippen LogP contribution in [0.5, 0.6) is 5.75 Å². The number of nitrogens with zero attached hydrogens (tertiary/aromatic N) is 2. The summed E-state index contributed by atoms with van der Waals surface area (Å²) in [4.78, 5) is 12.3. The Bertz CT molecular complexity index is 807. The first-order chi connectivity index (χ1) is 10.6. The molecular formula is C18H16N2O2. The van der Waals surface area contributed by atoms with Gasteiger partial charge in [0, 0.05) is 0 Å². The Morgan fingerprint density at radius 3 is 2.55 bits per heavy atom. The average Bonchev–Trinajstić information content (AvgIpc) is 2.90. The van der Waals surface area contributed by atoms with Gasteiger partial charge in [-0.05, 0) is 43.7 Å². The van der Waals surface area contributed by atoms with E-state index in [9.17, 15) is 4.79 Å². The van der Waals surface area contributed by atoms with Crippen molar-refractivity contribution in [1.82, 2.24) is 9.78 Å². The van der Waals surface area contributed by atoms with Crippen molar-refractivity contribution in [3.63, 3.8) is 0 Å². The summed E-state index contributed by atoms with van der Waals surface area (Å²) in [5, 5.41) is 4.31. The molecule has 0 bridgehead atoms. The summed E-state index contributed by atoms with van der Waals surface area (Å²) in [6.07, 6.45) is 1.54. The minimum absolute atomic E-state index is 0.400. The van der Waals surface area contributed by atoms with Gasteiger partial charge in [0.15, 0.2) is 0 Å². The monoisotopic (exact) mass is 292 g/mol. The van der Waals surface area contributed by atoms with Gasteiger partial charge < -0.3 is 4.74 Å². The zero-order chi connectivity index (χ0) is 15.5. The van der Waals surface area contributed by atoms with E-state index in [1.54, 1.807) is 23.0 Å². The predicted molar refractivity (Wildman–Crippen MR) is 84.4 cm³/mol. The van der Waals surface area contributed by atoms with Crippen LogP contribution in [0.2, 0.25) is 0 Å². The number of carbonyl (C=O) groups excluding carboxylic acids is 1. The number of hydrogen-bond donors (Lipinski definition) is 0. The first-order valence-corrected chi connectivity index (χ1v) is 7.04. The van der Waals surface area contributed by atoms with Gasteiger partial charge in [0.1, 0.15) is 11.3 Å². The van der Waals surface area contributed by atoms with Gasteiger partial charge in [0.25, 0.3) is 0 Å². The van der Waals surface area contributed by atoms with Crippen molar-refractivity contribution in [2.24, 2.45) is 0 Å². The summed E-state index contributed by atoms with van der Waals surface area (Å²) in [6.45, 7) is 3.88. The maximum atomic E-state index is 12.3. The highest BCUT2D eigenvalue weighted by Gasteiger charge is 2.17. The quantitative estimate of drug-likeness (QED) is 0.546. The van der Waals surface area contributed by atoms with Crippen molar-refractivity contribution >= 4 is 5.97 Å². The Labute approximate surface area is 129 Å². The summed E-state index contributed by atoms with van der Waals surface area (Å²) >= 11 is 0. The fourth-order valence-electron chi connectivity index (χ4n) is 2.28. The van der Waals surface area contributed by atoms with Crippen molar-refractivity contribution in [2.75, 3.05) is 0 Å². The first-order valence-electron chi connectivity index (χ1n) is 7.04. The highest BCUT2D eigenvalue weighted by atomic mass is 16.5. The normalized spacial score (nSPS) is 10.5. The standard InChI is InChI=1S/C18H16N2O2/c1-13-7-6-8-15(11-13)20-14(2)17(12-19-20)18(21)22-16-9-4-3-5-10-16/h3-12H,1-2H3. The molecule has 3 rings (SSSR count). The molecule has 4 nitrogen and oxygen atoms in total. The number of esters is 1. The molecule has 0 atom stereocenters. The smallest absolute Gasteiger partial charge is 0.347 e. The van der Waals surface area contributed by atoms with Crippen LogP contribution >= 0.6 is 0 Å². The van der Waals surface area contributed by atoms with E-state index >= 15 is 0 Å². The average molecular weight is 292 g/mol. The Hall–Kier alpha value is -2.88. The Kier molecular flexibility index (Phi) is 3.74. The van der Waals surface area contributed by atoms with E-state index in [0.29, 0.717) is 11.3 Å². The zero-order valence-electron chi connectivity index (χ0n) is 12.5. The van der Waals surface area contributed by atoms with E-state index in [4.69, 9.17) is 4.74 Å². The van der Waals surface area contributed by atoms with Crippen molar-refractivity contribution < 1.29 is 9.53 Å². The van der Waals surface area contributed by atoms with E-state index in [1.807, 2.05) is 56.3 Å². The molecule has 1 heterocycles. The highest BCUT2D eigenvalue weighted by molar-refractivity contribution is 5.92. The van der Waals surface area contributed by atoms with E-state index in [1.165, 1.54) is 0 Å². The van der Waals surface area contributed by atoms with Crippen LogP contribution in [-0.4, -0.2) is 15.7 Å². The van der Waals surface area contributed by atoms with Crippen molar-refractivity contribution in [3.05, 3.63) is 77.6 Å². The van der Waals surface area contributed by atoms with E-state index in [2.05, 4.69) is 5.10 Å². The summed E-state index contributed by atoms with van der Waals surface area (Å²) in [6, 6.07) is 17.0. The number of benzene rings is 2. The molecule has 1 aromatic heterocycles. The summed E-state index contributed by atoms with van der Waals surface area (Å²) < 4.78 is 7.11. The van der Waals surface area contributed by atoms with Crippen LogP contribution in [0.1, 0.15) is 21.6 Å². The molecule has 0 unspecified atom stereocenters. The lowest BCUT2D eigenvalue weighted by Crippen LogP contribution is -2.10. The lowest BCUT2D eigenvalue weighted by atomic mass is 10.2. The first kappa shape index (κ1) is 14.1. The lowest BCUT2D eigenvalue weighted by Gasteiger charge is -2.06. The molecular weight excluding hydrogens is 276 g/mol. The molecule has 0 aliphatic rings. The largest absolute Gasteiger partial charge is 0.423 e. The van der Waals surface area contributed by atoms with E-state index in [-0.39, 0.29) is 0 Å². The highest BCUT2D eigenvalue weighted by Crippen LogP contribution is 2.18. The Balaban J connectivity index is 1.89. The van der Waals surface area contributed by atoms with Crippen LogP contribution in [0.3, 0.4) is 0 Å². The Morgan fingerprint density at radius 1 is 1.05 bits per heavy atom. The third kappa shape index (κ3) is 2.76. The molecule has 0 saturated heterocycles. The number of para-hydroxylation sites is 1. The molecule has 0 saturated carbocycles. The molecule has 4 heteroatoms. The molecule has 3 aromatic rings. The fourth-order valence-corrected chi connectivity index (χ4v) is 2.28. The molecule has 0 fully saturated rings. The third-order valence-electron chi connectivity index (χ3n) is 3.43. The minimum Gasteiger partial charge on any atom is -0.423 e. The molecule has 0 amide bonds. The zero-order valence-corrected chi connectivity index (χ0v) is 12.5. The molecule has 2 aromatic carbocycles. The van der Waals surface area contributed by atoms with Crippen molar-refractivity contribution in [2.45, 2.75) is 13.8 Å². The molecule has 0 aliphatic carbocycles. The van der Waals surface area contributed by atoms with Crippen LogP contribution in [0, 0.1) is 13.8 Å². The van der Waals surface area contributed by atoms with Gasteiger partial charge in [-0.2, -0.15) is 5.10 Å². The number of ether oxygens (including phenoxy) is 1. The molecule has 0 N–H and O–H groups in total. The molecule has 0 spiro atoms. The SMILES string of the molecule is Cc1cccc(-n2ncc(C(=O)Oc3ccccc3)c2C)c1. The maximum Gasteiger partial charge on any atom is 0.347 e. The van der Waals surface area contributed by atoms with Gasteiger partial charge in [0.2, 0.25) is 0 Å². The van der Waals surface area contributed by atoms with Gasteiger partial charge in [0.05, 0.1) is 17.6 Å². The Morgan fingerprint density at radius 2 is 1.82 bits per heavy atom. The number of aromatic nitrogens is 2. The van der Waals surface area contributed by atoms with Gasteiger partial charge in [-0.15, -0.1) is 0 Å². The molecule has 110 valence electrons. The van der Waals surface area contributed by atoms with Crippen LogP contribution in [0.15, 0.2) is 60.8 Å². The summed E-state index contributed by atoms with van der Waals surface area (Å²) in [5.74, 6) is 0.123. The third-order valence-corrected chi connectivity index (χ3v) is 3.43. The number of hydrogen-bond acceptors (Lipinski definition) is 3. The predicted octanol–water partition coefficient (Wildman–Crippen LogP) is 3.71. The number of rotatable bonds is 3. The van der Waals surface area contributed by atoms with E-state index < -0.39 is 5.97 Å². The van der Waals surface area contributed by atoms with Crippen LogP contribution in [-0.2, 0) is 0 Å². The lowest BCUT2D eigenvalue weighted by molar-refractivity contribution is 0.0734. The van der Waals surface area contributed by atoms with Gasteiger partial charge in [-0.3, -0.25) is 0 Å². The van der Waals surface area contributed by atoms with Crippen molar-refractivity contribution in [3.8, 4) is 11.4 Å². The second-order valence-corrected chi connectivity index (χ2v) is 5.10. The topological polar surface area (TPSA) is 44.1 Å². The summed E-state index contributed by atoms with van der Waals surface area (Å²) in [5.41, 5.74) is 3.29. The molecule has 22 heavy (non-hydrogen) atoms. The van der Waals surface area contributed by atoms with Crippen LogP contribution in [0.4, 0.5) is 0 Å². The number of aryl methyl sites for hydroxylation is 1. The fraction of sp³-hybridized carbons (Fsp3) is 0.111. The molecule has 0 radical (unpaired) electrons. The van der Waals surface area contributed by atoms with Gasteiger partial charge in [-0.1, -0.05) is 30.3 Å². The maximum absolute atomic E-state index is 12.3. The van der Waals surface area contributed by atoms with Crippen LogP contribution in [0.25, 0.3) is 5.69 Å². The van der Waals surface area contributed by atoms with Gasteiger partial charge in [-0.25, -0.2) is 9.48 Å². The van der Waals surface area contributed by atoms with Crippen LogP contribution < -0.4 is 4.74 Å². The van der Waals surface area contributed by atoms with Gasteiger partial charge >= 0.3 is 5.97 Å². The van der Waals surface area contributed by atoms with Crippen molar-refractivity contribution in [1.29, 1.82) is 0 Å². The minimum atomic E-state index is -0.400. The van der Waals surface area contributed by atoms with E-state index in [0.717, 1.165) is 16.9 Å². The second kappa shape index (κ2) is 5.85.